The van der Waals surface area contributed by atoms with Crippen LogP contribution in [0.25, 0.3) is 0 Å². The Morgan fingerprint density at radius 1 is 0.871 bits per heavy atom. The fourth-order valence-corrected chi connectivity index (χ4v) is 3.01. The summed E-state index contributed by atoms with van der Waals surface area (Å²) in [6.45, 7) is 0. The van der Waals surface area contributed by atoms with E-state index < -0.39 is 11.7 Å². The van der Waals surface area contributed by atoms with Crippen molar-refractivity contribution in [1.29, 1.82) is 0 Å². The Kier molecular flexibility index (Phi) is 6.51. The highest BCUT2D eigenvalue weighted by Crippen LogP contribution is 2.39. The number of hydrogen-bond donors (Lipinski definition) is 3. The van der Waals surface area contributed by atoms with Gasteiger partial charge in [0.05, 0.1) is 41.2 Å². The normalized spacial score (nSPS) is 11.2. The summed E-state index contributed by atoms with van der Waals surface area (Å²) in [5.41, 5.74) is 5.70. The van der Waals surface area contributed by atoms with Gasteiger partial charge >= 0.3 is 6.18 Å². The van der Waals surface area contributed by atoms with Crippen LogP contribution in [0, 0.1) is 0 Å². The second-order valence-corrected chi connectivity index (χ2v) is 6.93. The fraction of sp³-hybridized carbons (Fsp3) is 0.158. The average molecular weight is 474 g/mol. The fourth-order valence-electron chi connectivity index (χ4n) is 2.61. The molecule has 164 valence electrons. The lowest BCUT2D eigenvalue weighted by Gasteiger charge is -2.16. The van der Waals surface area contributed by atoms with Gasteiger partial charge in [-0.2, -0.15) is 13.2 Å². The first-order chi connectivity index (χ1) is 14.6. The SMILES string of the molecule is COc1cc(OC)c(Nc2ncnc(Nc3cc(C(F)(F)F)ccc3Cl)c2N)cc1Cl. The number of nitrogens with zero attached hydrogens (tertiary/aromatic N) is 2. The smallest absolute Gasteiger partial charge is 0.416 e. The number of benzene rings is 2. The Balaban J connectivity index is 1.94. The number of alkyl halides is 3. The number of rotatable bonds is 6. The van der Waals surface area contributed by atoms with Crippen LogP contribution in [-0.4, -0.2) is 24.2 Å². The molecule has 0 saturated heterocycles. The standard InChI is InChI=1S/C19H16Cl2F3N5O2/c1-30-14-7-15(31-2)13(6-11(14)21)29-18-16(25)17(26-8-27-18)28-12-5-9(19(22,23)24)3-4-10(12)20/h3-8H,25H2,1-2H3,(H2,26,27,28,29). The van der Waals surface area contributed by atoms with E-state index in [-0.39, 0.29) is 28.0 Å². The molecule has 0 unspecified atom stereocenters. The molecule has 0 radical (unpaired) electrons. The number of nitrogen functional groups attached to an aromatic ring is 1. The van der Waals surface area contributed by atoms with E-state index in [1.54, 1.807) is 12.1 Å². The summed E-state index contributed by atoms with van der Waals surface area (Å²) in [7, 11) is 2.92. The number of hydrogen-bond acceptors (Lipinski definition) is 7. The lowest BCUT2D eigenvalue weighted by molar-refractivity contribution is -0.137. The molecule has 0 fully saturated rings. The zero-order chi connectivity index (χ0) is 22.8. The van der Waals surface area contributed by atoms with E-state index in [2.05, 4.69) is 20.6 Å². The van der Waals surface area contributed by atoms with Gasteiger partial charge in [0.1, 0.15) is 23.5 Å². The van der Waals surface area contributed by atoms with Gasteiger partial charge in [0.2, 0.25) is 0 Å². The van der Waals surface area contributed by atoms with Gasteiger partial charge in [-0.25, -0.2) is 9.97 Å². The molecule has 0 atom stereocenters. The van der Waals surface area contributed by atoms with Crippen LogP contribution in [0.1, 0.15) is 5.56 Å². The Morgan fingerprint density at radius 2 is 1.48 bits per heavy atom. The molecule has 1 heterocycles. The molecular formula is C19H16Cl2F3N5O2. The van der Waals surface area contributed by atoms with Gasteiger partial charge in [-0.15, -0.1) is 0 Å². The van der Waals surface area contributed by atoms with Crippen LogP contribution in [0.4, 0.5) is 41.9 Å². The van der Waals surface area contributed by atoms with Gasteiger partial charge in [0.25, 0.3) is 0 Å². The van der Waals surface area contributed by atoms with E-state index in [4.69, 9.17) is 38.4 Å². The van der Waals surface area contributed by atoms with E-state index in [1.807, 2.05) is 0 Å². The highest BCUT2D eigenvalue weighted by atomic mass is 35.5. The van der Waals surface area contributed by atoms with Crippen LogP contribution in [0.2, 0.25) is 10.0 Å². The molecule has 3 aromatic rings. The van der Waals surface area contributed by atoms with Gasteiger partial charge in [0, 0.05) is 6.07 Å². The molecule has 0 bridgehead atoms. The van der Waals surface area contributed by atoms with Crippen LogP contribution >= 0.6 is 23.2 Å². The third kappa shape index (κ3) is 4.97. The van der Waals surface area contributed by atoms with Gasteiger partial charge < -0.3 is 25.8 Å². The summed E-state index contributed by atoms with van der Waals surface area (Å²) >= 11 is 12.2. The maximum absolute atomic E-state index is 13.0. The average Bonchev–Trinajstić information content (AvgIpc) is 2.71. The summed E-state index contributed by atoms with van der Waals surface area (Å²) < 4.78 is 49.5. The molecule has 3 rings (SSSR count). The van der Waals surface area contributed by atoms with Gasteiger partial charge in [-0.1, -0.05) is 23.2 Å². The van der Waals surface area contributed by atoms with Crippen molar-refractivity contribution in [3.05, 3.63) is 52.3 Å². The van der Waals surface area contributed by atoms with Crippen molar-refractivity contribution >= 4 is 51.9 Å². The molecular weight excluding hydrogens is 458 g/mol. The number of anilines is 5. The maximum Gasteiger partial charge on any atom is 0.416 e. The minimum atomic E-state index is -4.53. The highest BCUT2D eigenvalue weighted by Gasteiger charge is 2.31. The van der Waals surface area contributed by atoms with Gasteiger partial charge in [0.15, 0.2) is 11.6 Å². The molecule has 0 aliphatic carbocycles. The van der Waals surface area contributed by atoms with E-state index in [1.165, 1.54) is 20.5 Å². The molecule has 7 nitrogen and oxygen atoms in total. The molecule has 0 aliphatic rings. The van der Waals surface area contributed by atoms with Crippen LogP contribution in [0.5, 0.6) is 11.5 Å². The van der Waals surface area contributed by atoms with Crippen molar-refractivity contribution in [3.8, 4) is 11.5 Å². The first kappa shape index (κ1) is 22.6. The molecule has 2 aromatic carbocycles. The molecule has 0 saturated carbocycles. The Bertz CT molecular complexity index is 1110. The molecule has 0 amide bonds. The van der Waals surface area contributed by atoms with Crippen LogP contribution in [-0.2, 0) is 6.18 Å². The number of halogens is 5. The Morgan fingerprint density at radius 3 is 2.06 bits per heavy atom. The third-order valence-electron chi connectivity index (χ3n) is 4.16. The maximum atomic E-state index is 13.0. The quantitative estimate of drug-likeness (QED) is 0.410. The van der Waals surface area contributed by atoms with Crippen molar-refractivity contribution in [3.63, 3.8) is 0 Å². The summed E-state index contributed by atoms with van der Waals surface area (Å²) in [4.78, 5) is 8.06. The number of aromatic nitrogens is 2. The van der Waals surface area contributed by atoms with Crippen molar-refractivity contribution in [2.45, 2.75) is 6.18 Å². The van der Waals surface area contributed by atoms with Gasteiger partial charge in [-0.05, 0) is 24.3 Å². The van der Waals surface area contributed by atoms with Crippen LogP contribution in [0.3, 0.4) is 0 Å². The largest absolute Gasteiger partial charge is 0.495 e. The Labute approximate surface area is 185 Å². The minimum absolute atomic E-state index is 0.0158. The van der Waals surface area contributed by atoms with E-state index in [0.717, 1.165) is 18.2 Å². The molecule has 4 N–H and O–H groups in total. The summed E-state index contributed by atoms with van der Waals surface area (Å²) in [6.07, 6.45) is -3.35. The van der Waals surface area contributed by atoms with Crippen molar-refractivity contribution in [1.82, 2.24) is 9.97 Å². The molecule has 0 spiro atoms. The summed E-state index contributed by atoms with van der Waals surface area (Å²) in [5, 5.41) is 6.05. The zero-order valence-corrected chi connectivity index (χ0v) is 17.7. The van der Waals surface area contributed by atoms with Crippen molar-refractivity contribution in [2.75, 3.05) is 30.6 Å². The molecule has 12 heteroatoms. The summed E-state index contributed by atoms with van der Waals surface area (Å²) in [6, 6.07) is 6.00. The lowest BCUT2D eigenvalue weighted by Crippen LogP contribution is -2.08. The first-order valence-corrected chi connectivity index (χ1v) is 9.32. The number of nitrogens with one attached hydrogen (secondary N) is 2. The van der Waals surface area contributed by atoms with E-state index >= 15 is 0 Å². The lowest BCUT2D eigenvalue weighted by atomic mass is 10.2. The van der Waals surface area contributed by atoms with Crippen LogP contribution < -0.4 is 25.8 Å². The minimum Gasteiger partial charge on any atom is -0.495 e. The molecule has 0 aliphatic heterocycles. The Hall–Kier alpha value is -3.11. The number of methoxy groups -OCH3 is 2. The van der Waals surface area contributed by atoms with Crippen LogP contribution in [0.15, 0.2) is 36.7 Å². The second-order valence-electron chi connectivity index (χ2n) is 6.11. The third-order valence-corrected chi connectivity index (χ3v) is 4.78. The zero-order valence-electron chi connectivity index (χ0n) is 16.1. The highest BCUT2D eigenvalue weighted by molar-refractivity contribution is 6.33. The van der Waals surface area contributed by atoms with Crippen molar-refractivity contribution < 1.29 is 22.6 Å². The predicted octanol–water partition coefficient (Wildman–Crippen LogP) is 5.89. The topological polar surface area (TPSA) is 94.3 Å². The predicted molar refractivity (Wildman–Crippen MR) is 114 cm³/mol. The van der Waals surface area contributed by atoms with Crippen molar-refractivity contribution in [2.24, 2.45) is 0 Å². The van der Waals surface area contributed by atoms with Gasteiger partial charge in [-0.3, -0.25) is 0 Å². The number of nitrogens with two attached hydrogens (primary N) is 1. The molecule has 31 heavy (non-hydrogen) atoms. The summed E-state index contributed by atoms with van der Waals surface area (Å²) in [5.74, 6) is 1.02. The van der Waals surface area contributed by atoms with E-state index in [0.29, 0.717) is 22.2 Å². The van der Waals surface area contributed by atoms with E-state index in [9.17, 15) is 13.2 Å². The number of ether oxygens (including phenoxy) is 2. The second kappa shape index (κ2) is 8.94. The monoisotopic (exact) mass is 473 g/mol. The first-order valence-electron chi connectivity index (χ1n) is 8.56. The molecule has 1 aromatic heterocycles.